The molecule has 0 spiro atoms. The lowest BCUT2D eigenvalue weighted by Gasteiger charge is -2.05. The highest BCUT2D eigenvalue weighted by atomic mass is 16.5. The van der Waals surface area contributed by atoms with Gasteiger partial charge in [0.25, 0.3) is 0 Å². The molecule has 5 nitrogen and oxygen atoms in total. The molecule has 0 aliphatic heterocycles. The topological polar surface area (TPSA) is 66.2 Å². The molecule has 0 atom stereocenters. The zero-order valence-electron chi connectivity index (χ0n) is 11.1. The maximum absolute atomic E-state index is 5.59. The zero-order valence-corrected chi connectivity index (χ0v) is 11.1. The minimum Gasteiger partial charge on any atom is -0.497 e. The van der Waals surface area contributed by atoms with Crippen molar-refractivity contribution in [2.45, 2.75) is 6.92 Å². The molecule has 0 amide bonds. The molecule has 2 N–H and O–H groups in total. The first-order valence-corrected chi connectivity index (χ1v) is 5.96. The summed E-state index contributed by atoms with van der Waals surface area (Å²) in [5.41, 5.74) is 9.61. The van der Waals surface area contributed by atoms with Crippen LogP contribution in [0.4, 0.5) is 5.88 Å². The molecule has 3 rings (SSSR count). The van der Waals surface area contributed by atoms with Gasteiger partial charge in [0.1, 0.15) is 11.4 Å². The predicted octanol–water partition coefficient (Wildman–Crippen LogP) is 2.73. The lowest BCUT2D eigenvalue weighted by Crippen LogP contribution is -1.89. The van der Waals surface area contributed by atoms with Crippen LogP contribution >= 0.6 is 0 Å². The predicted molar refractivity (Wildman–Crippen MR) is 74.1 cm³/mol. The third kappa shape index (κ3) is 1.74. The van der Waals surface area contributed by atoms with Crippen molar-refractivity contribution < 1.29 is 9.26 Å². The van der Waals surface area contributed by atoms with Gasteiger partial charge in [0.15, 0.2) is 0 Å². The Morgan fingerprint density at radius 1 is 1.32 bits per heavy atom. The van der Waals surface area contributed by atoms with E-state index in [2.05, 4.69) is 16.6 Å². The van der Waals surface area contributed by atoms with E-state index in [1.165, 1.54) is 0 Å². The van der Waals surface area contributed by atoms with E-state index in [-0.39, 0.29) is 0 Å². The Hall–Kier alpha value is -2.43. The second kappa shape index (κ2) is 4.05. The van der Waals surface area contributed by atoms with Gasteiger partial charge in [0.05, 0.1) is 12.6 Å². The zero-order chi connectivity index (χ0) is 13.6. The molecule has 0 unspecified atom stereocenters. The summed E-state index contributed by atoms with van der Waals surface area (Å²) >= 11 is 0. The summed E-state index contributed by atoms with van der Waals surface area (Å²) in [5.74, 6) is 1.14. The van der Waals surface area contributed by atoms with Crippen molar-refractivity contribution in [1.29, 1.82) is 0 Å². The van der Waals surface area contributed by atoms with Crippen molar-refractivity contribution in [3.63, 3.8) is 0 Å². The second-order valence-electron chi connectivity index (χ2n) is 4.61. The number of rotatable bonds is 2. The normalized spacial score (nSPS) is 11.1. The molecule has 0 radical (unpaired) electrons. The van der Waals surface area contributed by atoms with Crippen molar-refractivity contribution in [3.05, 3.63) is 30.0 Å². The van der Waals surface area contributed by atoms with Gasteiger partial charge in [-0.05, 0) is 24.6 Å². The van der Waals surface area contributed by atoms with Crippen molar-refractivity contribution in [2.24, 2.45) is 7.05 Å². The quantitative estimate of drug-likeness (QED) is 0.766. The molecule has 2 aromatic heterocycles. The van der Waals surface area contributed by atoms with Crippen LogP contribution in [0.2, 0.25) is 0 Å². The molecule has 0 aliphatic rings. The van der Waals surface area contributed by atoms with Crippen molar-refractivity contribution >= 4 is 16.8 Å². The van der Waals surface area contributed by atoms with Gasteiger partial charge in [-0.15, -0.1) is 0 Å². The molecule has 2 heterocycles. The minimum atomic E-state index is 0.312. The summed E-state index contributed by atoms with van der Waals surface area (Å²) < 4.78 is 12.4. The summed E-state index contributed by atoms with van der Waals surface area (Å²) in [5, 5.41) is 5.06. The smallest absolute Gasteiger partial charge is 0.222 e. The highest BCUT2D eigenvalue weighted by Gasteiger charge is 2.15. The van der Waals surface area contributed by atoms with Crippen LogP contribution in [0, 0.1) is 6.92 Å². The molecule has 98 valence electrons. The Labute approximate surface area is 110 Å². The van der Waals surface area contributed by atoms with Crippen molar-refractivity contribution in [3.8, 4) is 17.0 Å². The first-order chi connectivity index (χ1) is 9.10. The average molecular weight is 257 g/mol. The molecular formula is C14H15N3O2. The monoisotopic (exact) mass is 257 g/mol. The number of nitrogens with zero attached hydrogens (tertiary/aromatic N) is 2. The largest absolute Gasteiger partial charge is 0.497 e. The second-order valence-corrected chi connectivity index (χ2v) is 4.61. The van der Waals surface area contributed by atoms with E-state index in [9.17, 15) is 0 Å². The van der Waals surface area contributed by atoms with Crippen LogP contribution in [0.25, 0.3) is 22.2 Å². The molecule has 0 bridgehead atoms. The van der Waals surface area contributed by atoms with E-state index in [0.717, 1.165) is 33.5 Å². The number of fused-ring (bicyclic) bond motifs is 1. The standard InChI is InChI=1S/C14H15N3O2/c1-8-4-9(18-3)5-10-11(7-17(2)14(8)10)12-6-13(15)19-16-12/h4-7H,15H2,1-3H3. The number of nitrogens with two attached hydrogens (primary N) is 1. The molecule has 0 saturated heterocycles. The van der Waals surface area contributed by atoms with E-state index >= 15 is 0 Å². The van der Waals surface area contributed by atoms with Crippen LogP contribution in [0.5, 0.6) is 5.75 Å². The number of methoxy groups -OCH3 is 1. The summed E-state index contributed by atoms with van der Waals surface area (Å²) in [7, 11) is 3.67. The van der Waals surface area contributed by atoms with Gasteiger partial charge in [-0.2, -0.15) is 0 Å². The third-order valence-corrected chi connectivity index (χ3v) is 3.28. The first-order valence-electron chi connectivity index (χ1n) is 5.96. The van der Waals surface area contributed by atoms with E-state index in [1.54, 1.807) is 13.2 Å². The van der Waals surface area contributed by atoms with E-state index in [1.807, 2.05) is 25.4 Å². The third-order valence-electron chi connectivity index (χ3n) is 3.28. The number of hydrogen-bond acceptors (Lipinski definition) is 4. The molecule has 0 aliphatic carbocycles. The van der Waals surface area contributed by atoms with Crippen LogP contribution in [0.15, 0.2) is 28.9 Å². The maximum atomic E-state index is 5.59. The van der Waals surface area contributed by atoms with E-state index in [4.69, 9.17) is 15.0 Å². The van der Waals surface area contributed by atoms with Gasteiger partial charge in [-0.3, -0.25) is 0 Å². The minimum absolute atomic E-state index is 0.312. The molecule has 1 aromatic carbocycles. The first kappa shape index (κ1) is 11.6. The van der Waals surface area contributed by atoms with Crippen LogP contribution in [0.1, 0.15) is 5.56 Å². The summed E-state index contributed by atoms with van der Waals surface area (Å²) in [6, 6.07) is 5.75. The molecule has 0 saturated carbocycles. The number of anilines is 1. The summed E-state index contributed by atoms with van der Waals surface area (Å²) in [6.07, 6.45) is 2.02. The van der Waals surface area contributed by atoms with Gasteiger partial charge in [0.2, 0.25) is 5.88 Å². The summed E-state index contributed by atoms with van der Waals surface area (Å²) in [4.78, 5) is 0. The van der Waals surface area contributed by atoms with E-state index < -0.39 is 0 Å². The SMILES string of the molecule is COc1cc(C)c2c(c1)c(-c1cc(N)on1)cn2C. The van der Waals surface area contributed by atoms with Gasteiger partial charge in [0, 0.05) is 30.3 Å². The lowest BCUT2D eigenvalue weighted by molar-refractivity contribution is 0.415. The molecular weight excluding hydrogens is 242 g/mol. The van der Waals surface area contributed by atoms with Gasteiger partial charge >= 0.3 is 0 Å². The summed E-state index contributed by atoms with van der Waals surface area (Å²) in [6.45, 7) is 2.06. The number of benzene rings is 1. The maximum Gasteiger partial charge on any atom is 0.222 e. The highest BCUT2D eigenvalue weighted by Crippen LogP contribution is 2.34. The van der Waals surface area contributed by atoms with Gasteiger partial charge < -0.3 is 19.6 Å². The van der Waals surface area contributed by atoms with Crippen LogP contribution in [0.3, 0.4) is 0 Å². The molecule has 3 aromatic rings. The lowest BCUT2D eigenvalue weighted by atomic mass is 10.1. The Morgan fingerprint density at radius 3 is 2.74 bits per heavy atom. The fourth-order valence-corrected chi connectivity index (χ4v) is 2.49. The Kier molecular flexibility index (Phi) is 2.48. The fourth-order valence-electron chi connectivity index (χ4n) is 2.49. The fraction of sp³-hybridized carbons (Fsp3) is 0.214. The number of aromatic nitrogens is 2. The molecule has 0 fully saturated rings. The highest BCUT2D eigenvalue weighted by molar-refractivity contribution is 5.97. The van der Waals surface area contributed by atoms with Crippen molar-refractivity contribution in [2.75, 3.05) is 12.8 Å². The van der Waals surface area contributed by atoms with Crippen LogP contribution in [-0.2, 0) is 7.05 Å². The Bertz CT molecular complexity index is 755. The van der Waals surface area contributed by atoms with Crippen molar-refractivity contribution in [1.82, 2.24) is 9.72 Å². The number of nitrogen functional groups attached to an aromatic ring is 1. The Balaban J connectivity index is 2.34. The number of hydrogen-bond donors (Lipinski definition) is 1. The van der Waals surface area contributed by atoms with E-state index in [0.29, 0.717) is 5.88 Å². The van der Waals surface area contributed by atoms with Gasteiger partial charge in [-0.1, -0.05) is 5.16 Å². The van der Waals surface area contributed by atoms with Crippen LogP contribution in [-0.4, -0.2) is 16.8 Å². The number of aryl methyl sites for hydroxylation is 2. The average Bonchev–Trinajstić information content (AvgIpc) is 2.93. The van der Waals surface area contributed by atoms with Gasteiger partial charge in [-0.25, -0.2) is 0 Å². The molecule has 19 heavy (non-hydrogen) atoms. The van der Waals surface area contributed by atoms with Crippen LogP contribution < -0.4 is 10.5 Å². The molecule has 5 heteroatoms. The Morgan fingerprint density at radius 2 is 2.11 bits per heavy atom. The number of ether oxygens (including phenoxy) is 1.